The summed E-state index contributed by atoms with van der Waals surface area (Å²) in [6, 6.07) is 6.43. The van der Waals surface area contributed by atoms with Crippen LogP contribution in [0.2, 0.25) is 0 Å². The molecule has 4 nitrogen and oxygen atoms in total. The van der Waals surface area contributed by atoms with E-state index in [1.54, 1.807) is 0 Å². The van der Waals surface area contributed by atoms with Gasteiger partial charge in [-0.3, -0.25) is 4.79 Å². The van der Waals surface area contributed by atoms with Crippen LogP contribution in [0.5, 0.6) is 0 Å². The summed E-state index contributed by atoms with van der Waals surface area (Å²) < 4.78 is 5.54. The number of H-pyrrole nitrogens is 1. The van der Waals surface area contributed by atoms with Gasteiger partial charge in [-0.25, -0.2) is 0 Å². The van der Waals surface area contributed by atoms with E-state index in [1.807, 2.05) is 6.20 Å². The Kier molecular flexibility index (Phi) is 4.78. The van der Waals surface area contributed by atoms with Gasteiger partial charge in [-0.15, -0.1) is 0 Å². The summed E-state index contributed by atoms with van der Waals surface area (Å²) in [5.41, 5.74) is 3.68. The van der Waals surface area contributed by atoms with Gasteiger partial charge in [-0.05, 0) is 49.8 Å². The molecule has 0 unspecified atom stereocenters. The second-order valence-corrected chi connectivity index (χ2v) is 6.14. The molecule has 1 aromatic heterocycles. The second kappa shape index (κ2) is 6.97. The molecule has 0 aliphatic carbocycles. The summed E-state index contributed by atoms with van der Waals surface area (Å²) in [7, 11) is 0. The van der Waals surface area contributed by atoms with E-state index >= 15 is 0 Å². The van der Waals surface area contributed by atoms with Gasteiger partial charge < -0.3 is 15.0 Å². The minimum absolute atomic E-state index is 0.131. The quantitative estimate of drug-likeness (QED) is 0.861. The van der Waals surface area contributed by atoms with Crippen LogP contribution in [0.3, 0.4) is 0 Å². The largest absolute Gasteiger partial charge is 0.378 e. The Morgan fingerprint density at radius 1 is 1.45 bits per heavy atom. The van der Waals surface area contributed by atoms with E-state index in [0.29, 0.717) is 19.1 Å². The predicted molar refractivity (Wildman–Crippen MR) is 88.0 cm³/mol. The smallest absolute Gasteiger partial charge is 0.220 e. The molecule has 22 heavy (non-hydrogen) atoms. The summed E-state index contributed by atoms with van der Waals surface area (Å²) in [6.07, 6.45) is 6.84. The molecule has 0 spiro atoms. The Labute approximate surface area is 131 Å². The highest BCUT2D eigenvalue weighted by molar-refractivity contribution is 5.84. The highest BCUT2D eigenvalue weighted by atomic mass is 16.5. The number of aryl methyl sites for hydroxylation is 1. The summed E-state index contributed by atoms with van der Waals surface area (Å²) >= 11 is 0. The van der Waals surface area contributed by atoms with E-state index in [4.69, 9.17) is 4.74 Å². The van der Waals surface area contributed by atoms with Crippen LogP contribution in [0.25, 0.3) is 10.9 Å². The van der Waals surface area contributed by atoms with Gasteiger partial charge in [0.2, 0.25) is 5.91 Å². The van der Waals surface area contributed by atoms with Crippen LogP contribution in [0.15, 0.2) is 24.4 Å². The summed E-state index contributed by atoms with van der Waals surface area (Å²) in [4.78, 5) is 15.2. The lowest BCUT2D eigenvalue weighted by Gasteiger charge is -2.09. The van der Waals surface area contributed by atoms with Gasteiger partial charge in [-0.2, -0.15) is 0 Å². The fraction of sp³-hybridized carbons (Fsp3) is 0.500. The van der Waals surface area contributed by atoms with E-state index in [9.17, 15) is 4.79 Å². The number of benzene rings is 1. The van der Waals surface area contributed by atoms with Crippen LogP contribution < -0.4 is 5.32 Å². The predicted octanol–water partition coefficient (Wildman–Crippen LogP) is 3.09. The van der Waals surface area contributed by atoms with Gasteiger partial charge in [-0.1, -0.05) is 12.1 Å². The Hall–Kier alpha value is -1.81. The van der Waals surface area contributed by atoms with Gasteiger partial charge in [0.15, 0.2) is 0 Å². The van der Waals surface area contributed by atoms with E-state index in [-0.39, 0.29) is 5.91 Å². The van der Waals surface area contributed by atoms with Crippen LogP contribution >= 0.6 is 0 Å². The van der Waals surface area contributed by atoms with E-state index in [0.717, 1.165) is 32.3 Å². The third-order valence-corrected chi connectivity index (χ3v) is 4.36. The van der Waals surface area contributed by atoms with Gasteiger partial charge in [0.25, 0.3) is 0 Å². The van der Waals surface area contributed by atoms with Gasteiger partial charge in [0.1, 0.15) is 0 Å². The first-order valence-corrected chi connectivity index (χ1v) is 8.17. The molecule has 3 rings (SSSR count). The van der Waals surface area contributed by atoms with Crippen molar-refractivity contribution >= 4 is 16.8 Å². The van der Waals surface area contributed by atoms with Crippen molar-refractivity contribution in [1.82, 2.24) is 10.3 Å². The summed E-state index contributed by atoms with van der Waals surface area (Å²) in [5, 5.41) is 4.26. The third-order valence-electron chi connectivity index (χ3n) is 4.36. The molecule has 1 aromatic carbocycles. The van der Waals surface area contributed by atoms with Crippen molar-refractivity contribution in [3.05, 3.63) is 35.5 Å². The second-order valence-electron chi connectivity index (χ2n) is 6.14. The van der Waals surface area contributed by atoms with Crippen LogP contribution in [0, 0.1) is 6.92 Å². The first-order chi connectivity index (χ1) is 10.7. The number of hydrogen-bond acceptors (Lipinski definition) is 2. The topological polar surface area (TPSA) is 54.1 Å². The lowest BCUT2D eigenvalue weighted by Crippen LogP contribution is -2.26. The van der Waals surface area contributed by atoms with Crippen molar-refractivity contribution in [2.24, 2.45) is 0 Å². The molecule has 1 aliphatic rings. The maximum atomic E-state index is 11.9. The number of ether oxygens (including phenoxy) is 1. The number of rotatable bonds is 6. The molecule has 4 heteroatoms. The number of nitrogens with one attached hydrogen (secondary N) is 2. The lowest BCUT2D eigenvalue weighted by atomic mass is 10.1. The highest BCUT2D eigenvalue weighted by Crippen LogP contribution is 2.20. The molecule has 1 atom stereocenters. The van der Waals surface area contributed by atoms with Crippen LogP contribution in [-0.2, 0) is 16.0 Å². The first kappa shape index (κ1) is 15.1. The highest BCUT2D eigenvalue weighted by Gasteiger charge is 2.16. The molecular formula is C18H24N2O2. The average Bonchev–Trinajstić information content (AvgIpc) is 3.15. The van der Waals surface area contributed by atoms with Crippen molar-refractivity contribution in [1.29, 1.82) is 0 Å². The third kappa shape index (κ3) is 3.69. The van der Waals surface area contributed by atoms with E-state index < -0.39 is 0 Å². The van der Waals surface area contributed by atoms with Gasteiger partial charge in [0, 0.05) is 36.7 Å². The maximum absolute atomic E-state index is 11.9. The van der Waals surface area contributed by atoms with Crippen molar-refractivity contribution in [3.8, 4) is 0 Å². The standard InChI is InChI=1S/C18H24N2O2/c1-13-4-6-16-14(12-20-17(16)11-13)8-9-19-18(21)7-5-15-3-2-10-22-15/h4,6,11-12,15,20H,2-3,5,7-10H2,1H3,(H,19,21)/t15-/m0/s1. The number of hydrogen-bond donors (Lipinski definition) is 2. The normalized spacial score (nSPS) is 18.0. The SMILES string of the molecule is Cc1ccc2c(CCNC(=O)CC[C@@H]3CCCO3)c[nH]c2c1. The van der Waals surface area contributed by atoms with Crippen molar-refractivity contribution in [2.45, 2.75) is 45.1 Å². The Morgan fingerprint density at radius 2 is 2.36 bits per heavy atom. The molecular weight excluding hydrogens is 276 g/mol. The average molecular weight is 300 g/mol. The lowest BCUT2D eigenvalue weighted by molar-refractivity contribution is -0.121. The zero-order valence-corrected chi connectivity index (χ0v) is 13.2. The Balaban J connectivity index is 1.44. The molecule has 2 aromatic rings. The van der Waals surface area contributed by atoms with Crippen molar-refractivity contribution in [2.75, 3.05) is 13.2 Å². The molecule has 2 N–H and O–H groups in total. The van der Waals surface area contributed by atoms with Crippen LogP contribution in [-0.4, -0.2) is 30.1 Å². The molecule has 2 heterocycles. The first-order valence-electron chi connectivity index (χ1n) is 8.17. The minimum Gasteiger partial charge on any atom is -0.378 e. The monoisotopic (exact) mass is 300 g/mol. The number of amides is 1. The number of aromatic amines is 1. The summed E-state index contributed by atoms with van der Waals surface area (Å²) in [6.45, 7) is 3.63. The fourth-order valence-corrected chi connectivity index (χ4v) is 3.10. The van der Waals surface area contributed by atoms with E-state index in [2.05, 4.69) is 35.4 Å². The zero-order chi connectivity index (χ0) is 15.4. The van der Waals surface area contributed by atoms with E-state index in [1.165, 1.54) is 22.0 Å². The maximum Gasteiger partial charge on any atom is 0.220 e. The van der Waals surface area contributed by atoms with Gasteiger partial charge in [0.05, 0.1) is 6.10 Å². The molecule has 0 bridgehead atoms. The minimum atomic E-state index is 0.131. The number of carbonyl (C=O) groups is 1. The van der Waals surface area contributed by atoms with Crippen LogP contribution in [0.4, 0.5) is 0 Å². The summed E-state index contributed by atoms with van der Waals surface area (Å²) in [5.74, 6) is 0.131. The molecule has 1 fully saturated rings. The van der Waals surface area contributed by atoms with Crippen molar-refractivity contribution < 1.29 is 9.53 Å². The molecule has 1 saturated heterocycles. The fourth-order valence-electron chi connectivity index (χ4n) is 3.10. The molecule has 1 aliphatic heterocycles. The van der Waals surface area contributed by atoms with Crippen LogP contribution in [0.1, 0.15) is 36.8 Å². The molecule has 1 amide bonds. The Morgan fingerprint density at radius 3 is 3.18 bits per heavy atom. The molecule has 0 radical (unpaired) electrons. The van der Waals surface area contributed by atoms with Gasteiger partial charge >= 0.3 is 0 Å². The van der Waals surface area contributed by atoms with Crippen molar-refractivity contribution in [3.63, 3.8) is 0 Å². The number of carbonyl (C=O) groups excluding carboxylic acids is 1. The molecule has 118 valence electrons. The number of aromatic nitrogens is 1. The zero-order valence-electron chi connectivity index (χ0n) is 13.2. The number of fused-ring (bicyclic) bond motifs is 1. The molecule has 0 saturated carbocycles. The Bertz CT molecular complexity index is 642.